The zero-order valence-electron chi connectivity index (χ0n) is 8.92. The number of allylic oxidation sites excluding steroid dienone is 2. The standard InChI is InChI=1S/C11H21ClO2/c1-2-3-4-5-6-7-8-14-10-11(13)9-12/h3-4,11,13H,2,5-10H2,1H3. The molecule has 0 spiro atoms. The molecule has 0 aliphatic heterocycles. The molecule has 1 unspecified atom stereocenters. The Morgan fingerprint density at radius 3 is 2.79 bits per heavy atom. The number of hydrogen-bond donors (Lipinski definition) is 1. The van der Waals surface area contributed by atoms with E-state index in [-0.39, 0.29) is 5.88 Å². The van der Waals surface area contributed by atoms with Gasteiger partial charge in [0.05, 0.1) is 18.6 Å². The Balaban J connectivity index is 3.02. The predicted molar refractivity (Wildman–Crippen MR) is 60.8 cm³/mol. The Labute approximate surface area is 91.9 Å². The molecular weight excluding hydrogens is 200 g/mol. The van der Waals surface area contributed by atoms with Gasteiger partial charge in [-0.25, -0.2) is 0 Å². The average Bonchev–Trinajstić information content (AvgIpc) is 2.21. The molecule has 0 radical (unpaired) electrons. The van der Waals surface area contributed by atoms with Crippen molar-refractivity contribution in [2.75, 3.05) is 19.1 Å². The number of alkyl halides is 1. The van der Waals surface area contributed by atoms with Gasteiger partial charge in [-0.1, -0.05) is 19.1 Å². The number of halogens is 1. The van der Waals surface area contributed by atoms with Crippen LogP contribution in [0.3, 0.4) is 0 Å². The number of hydrogen-bond acceptors (Lipinski definition) is 2. The molecule has 0 bridgehead atoms. The number of unbranched alkanes of at least 4 members (excludes halogenated alkanes) is 2. The molecule has 1 N–H and O–H groups in total. The molecule has 0 rings (SSSR count). The van der Waals surface area contributed by atoms with Crippen molar-refractivity contribution in [3.63, 3.8) is 0 Å². The third-order valence-electron chi connectivity index (χ3n) is 1.80. The Morgan fingerprint density at radius 1 is 1.36 bits per heavy atom. The second-order valence-electron chi connectivity index (χ2n) is 3.26. The van der Waals surface area contributed by atoms with E-state index in [1.54, 1.807) is 0 Å². The van der Waals surface area contributed by atoms with Crippen molar-refractivity contribution in [2.45, 2.75) is 38.7 Å². The van der Waals surface area contributed by atoms with E-state index in [1.165, 1.54) is 0 Å². The quantitative estimate of drug-likeness (QED) is 0.368. The van der Waals surface area contributed by atoms with E-state index < -0.39 is 6.10 Å². The van der Waals surface area contributed by atoms with Crippen LogP contribution in [0.25, 0.3) is 0 Å². The van der Waals surface area contributed by atoms with Crippen molar-refractivity contribution in [3.05, 3.63) is 12.2 Å². The fraction of sp³-hybridized carbons (Fsp3) is 0.818. The average molecular weight is 221 g/mol. The van der Waals surface area contributed by atoms with Gasteiger partial charge >= 0.3 is 0 Å². The van der Waals surface area contributed by atoms with Gasteiger partial charge in [0.2, 0.25) is 0 Å². The second-order valence-corrected chi connectivity index (χ2v) is 3.57. The van der Waals surface area contributed by atoms with Crippen LogP contribution in [-0.4, -0.2) is 30.3 Å². The van der Waals surface area contributed by atoms with Crippen LogP contribution in [0.5, 0.6) is 0 Å². The minimum Gasteiger partial charge on any atom is -0.389 e. The van der Waals surface area contributed by atoms with Gasteiger partial charge in [-0.3, -0.25) is 0 Å². The van der Waals surface area contributed by atoms with E-state index in [1.807, 2.05) is 0 Å². The lowest BCUT2D eigenvalue weighted by atomic mass is 10.2. The van der Waals surface area contributed by atoms with E-state index in [2.05, 4.69) is 19.1 Å². The summed E-state index contributed by atoms with van der Waals surface area (Å²) in [6.07, 6.45) is 8.28. The molecule has 0 aromatic rings. The molecule has 0 heterocycles. The maximum Gasteiger partial charge on any atom is 0.0908 e. The molecule has 3 heteroatoms. The summed E-state index contributed by atoms with van der Waals surface area (Å²) in [5.41, 5.74) is 0. The summed E-state index contributed by atoms with van der Waals surface area (Å²) in [6, 6.07) is 0. The van der Waals surface area contributed by atoms with Gasteiger partial charge in [0.15, 0.2) is 0 Å². The van der Waals surface area contributed by atoms with Crippen LogP contribution >= 0.6 is 11.6 Å². The molecule has 84 valence electrons. The Kier molecular flexibility index (Phi) is 11.0. The molecule has 0 aliphatic carbocycles. The van der Waals surface area contributed by atoms with Gasteiger partial charge in [-0.15, -0.1) is 11.6 Å². The summed E-state index contributed by atoms with van der Waals surface area (Å²) in [5.74, 6) is 0.249. The summed E-state index contributed by atoms with van der Waals surface area (Å²) >= 11 is 5.41. The summed E-state index contributed by atoms with van der Waals surface area (Å²) in [6.45, 7) is 3.20. The minimum atomic E-state index is -0.517. The lowest BCUT2D eigenvalue weighted by Gasteiger charge is -2.07. The van der Waals surface area contributed by atoms with Crippen LogP contribution in [-0.2, 0) is 4.74 Å². The van der Waals surface area contributed by atoms with Gasteiger partial charge in [-0.2, -0.15) is 0 Å². The summed E-state index contributed by atoms with van der Waals surface area (Å²) in [7, 11) is 0. The monoisotopic (exact) mass is 220 g/mol. The maximum absolute atomic E-state index is 9.06. The van der Waals surface area contributed by atoms with Crippen LogP contribution in [0.2, 0.25) is 0 Å². The van der Waals surface area contributed by atoms with E-state index in [0.717, 1.165) is 25.7 Å². The Bertz CT molecular complexity index is 137. The fourth-order valence-electron chi connectivity index (χ4n) is 1.01. The van der Waals surface area contributed by atoms with E-state index >= 15 is 0 Å². The van der Waals surface area contributed by atoms with E-state index in [0.29, 0.717) is 13.2 Å². The second kappa shape index (κ2) is 11.0. The third-order valence-corrected chi connectivity index (χ3v) is 2.16. The first-order valence-corrected chi connectivity index (χ1v) is 5.81. The lowest BCUT2D eigenvalue weighted by molar-refractivity contribution is 0.0464. The lowest BCUT2D eigenvalue weighted by Crippen LogP contribution is -2.17. The molecule has 0 saturated heterocycles. The van der Waals surface area contributed by atoms with Crippen LogP contribution in [0.1, 0.15) is 32.6 Å². The fourth-order valence-corrected chi connectivity index (χ4v) is 1.10. The SMILES string of the molecule is CCC=CCCCCOCC(O)CCl. The van der Waals surface area contributed by atoms with Crippen LogP contribution in [0, 0.1) is 0 Å². The summed E-state index contributed by atoms with van der Waals surface area (Å²) < 4.78 is 5.23. The van der Waals surface area contributed by atoms with Gasteiger partial charge in [0.1, 0.15) is 0 Å². The molecule has 2 nitrogen and oxygen atoms in total. The molecule has 0 saturated carbocycles. The molecule has 14 heavy (non-hydrogen) atoms. The van der Waals surface area contributed by atoms with Gasteiger partial charge < -0.3 is 9.84 Å². The van der Waals surface area contributed by atoms with Gasteiger partial charge in [0.25, 0.3) is 0 Å². The highest BCUT2D eigenvalue weighted by Gasteiger charge is 2.00. The van der Waals surface area contributed by atoms with Gasteiger partial charge in [0, 0.05) is 6.61 Å². The Morgan fingerprint density at radius 2 is 2.14 bits per heavy atom. The highest BCUT2D eigenvalue weighted by Crippen LogP contribution is 1.98. The predicted octanol–water partition coefficient (Wildman–Crippen LogP) is 2.74. The summed E-state index contributed by atoms with van der Waals surface area (Å²) in [4.78, 5) is 0. The Hall–Kier alpha value is -0.0500. The molecule has 1 atom stereocenters. The maximum atomic E-state index is 9.06. The smallest absolute Gasteiger partial charge is 0.0908 e. The highest BCUT2D eigenvalue weighted by atomic mass is 35.5. The van der Waals surface area contributed by atoms with Crippen LogP contribution in [0.4, 0.5) is 0 Å². The first-order chi connectivity index (χ1) is 6.81. The van der Waals surface area contributed by atoms with Crippen molar-refractivity contribution in [1.29, 1.82) is 0 Å². The van der Waals surface area contributed by atoms with Crippen molar-refractivity contribution in [2.24, 2.45) is 0 Å². The van der Waals surface area contributed by atoms with Crippen molar-refractivity contribution in [1.82, 2.24) is 0 Å². The minimum absolute atomic E-state index is 0.249. The third kappa shape index (κ3) is 10.0. The molecule has 0 fully saturated rings. The van der Waals surface area contributed by atoms with E-state index in [9.17, 15) is 0 Å². The zero-order valence-corrected chi connectivity index (χ0v) is 9.67. The van der Waals surface area contributed by atoms with Crippen molar-refractivity contribution < 1.29 is 9.84 Å². The largest absolute Gasteiger partial charge is 0.389 e. The molecule has 0 aromatic carbocycles. The molecule has 0 amide bonds. The molecular formula is C11H21ClO2. The van der Waals surface area contributed by atoms with Crippen molar-refractivity contribution >= 4 is 11.6 Å². The van der Waals surface area contributed by atoms with Crippen molar-refractivity contribution in [3.8, 4) is 0 Å². The first kappa shape index (κ1) is 13.9. The van der Waals surface area contributed by atoms with E-state index in [4.69, 9.17) is 21.4 Å². The normalized spacial score (nSPS) is 13.6. The number of aliphatic hydroxyl groups excluding tert-OH is 1. The number of rotatable bonds is 9. The molecule has 0 aliphatic rings. The summed E-state index contributed by atoms with van der Waals surface area (Å²) in [5, 5.41) is 9.06. The van der Waals surface area contributed by atoms with Gasteiger partial charge in [-0.05, 0) is 25.7 Å². The van der Waals surface area contributed by atoms with Crippen LogP contribution in [0.15, 0.2) is 12.2 Å². The number of aliphatic hydroxyl groups is 1. The molecule has 0 aromatic heterocycles. The topological polar surface area (TPSA) is 29.5 Å². The first-order valence-electron chi connectivity index (χ1n) is 5.28. The zero-order chi connectivity index (χ0) is 10.6. The number of ether oxygens (including phenoxy) is 1. The highest BCUT2D eigenvalue weighted by molar-refractivity contribution is 6.18. The van der Waals surface area contributed by atoms with Crippen LogP contribution < -0.4 is 0 Å².